The molecule has 0 aromatic carbocycles. The molecule has 0 saturated carbocycles. The smallest absolute Gasteiger partial charge is 0.239 e. The molecule has 0 bridgehead atoms. The Morgan fingerprint density at radius 1 is 1.31 bits per heavy atom. The van der Waals surface area contributed by atoms with Crippen molar-refractivity contribution < 1.29 is 0 Å². The average molecular weight is 220 g/mol. The van der Waals surface area contributed by atoms with E-state index >= 15 is 0 Å². The van der Waals surface area contributed by atoms with Crippen LogP contribution in [0.5, 0.6) is 0 Å². The molecule has 0 N–H and O–H groups in total. The number of rotatable bonds is 1. The summed E-state index contributed by atoms with van der Waals surface area (Å²) in [5, 5.41) is 0. The van der Waals surface area contributed by atoms with E-state index in [9.17, 15) is 0 Å². The molecular formula is C14H24N2. The van der Waals surface area contributed by atoms with Gasteiger partial charge in [0.25, 0.3) is 0 Å². The van der Waals surface area contributed by atoms with Crippen molar-refractivity contribution in [2.75, 3.05) is 13.1 Å². The van der Waals surface area contributed by atoms with Crippen LogP contribution in [0.25, 0.3) is 4.85 Å². The van der Waals surface area contributed by atoms with Gasteiger partial charge < -0.3 is 9.74 Å². The van der Waals surface area contributed by atoms with Gasteiger partial charge in [-0.15, -0.1) is 0 Å². The predicted octanol–water partition coefficient (Wildman–Crippen LogP) is 3.71. The van der Waals surface area contributed by atoms with E-state index in [1.807, 2.05) is 0 Å². The molecule has 0 aliphatic carbocycles. The van der Waals surface area contributed by atoms with Crippen molar-refractivity contribution in [1.82, 2.24) is 4.90 Å². The van der Waals surface area contributed by atoms with Gasteiger partial charge in [-0.2, -0.15) is 0 Å². The molecule has 90 valence electrons. The predicted molar refractivity (Wildman–Crippen MR) is 69.0 cm³/mol. The lowest BCUT2D eigenvalue weighted by Gasteiger charge is -2.33. The van der Waals surface area contributed by atoms with Crippen molar-refractivity contribution in [2.24, 2.45) is 5.41 Å². The zero-order valence-corrected chi connectivity index (χ0v) is 11.1. The Kier molecular flexibility index (Phi) is 3.68. The standard InChI is InChI=1S/C14H24N2/c1-12(2)16-10-7-8-14(15-6,9-11-16)13(3,4)5/h1,7-11H2,2-5H3. The first-order valence-electron chi connectivity index (χ1n) is 6.11. The Bertz CT molecular complexity index is 306. The van der Waals surface area contributed by atoms with E-state index in [0.29, 0.717) is 0 Å². The Morgan fingerprint density at radius 2 is 1.94 bits per heavy atom. The third-order valence-corrected chi connectivity index (χ3v) is 3.96. The zero-order chi connectivity index (χ0) is 12.4. The summed E-state index contributed by atoms with van der Waals surface area (Å²) in [6.07, 6.45) is 3.09. The van der Waals surface area contributed by atoms with Crippen molar-refractivity contribution >= 4 is 0 Å². The molecule has 1 fully saturated rings. The van der Waals surface area contributed by atoms with Gasteiger partial charge in [-0.25, -0.2) is 6.57 Å². The first-order valence-corrected chi connectivity index (χ1v) is 6.11. The van der Waals surface area contributed by atoms with Crippen LogP contribution in [-0.4, -0.2) is 23.5 Å². The molecule has 2 nitrogen and oxygen atoms in total. The largest absolute Gasteiger partial charge is 0.375 e. The molecule has 1 heterocycles. The highest BCUT2D eigenvalue weighted by molar-refractivity contribution is 5.09. The summed E-state index contributed by atoms with van der Waals surface area (Å²) in [5.41, 5.74) is 1.02. The van der Waals surface area contributed by atoms with E-state index in [-0.39, 0.29) is 11.0 Å². The van der Waals surface area contributed by atoms with E-state index < -0.39 is 0 Å². The second-order valence-corrected chi connectivity index (χ2v) is 5.97. The number of hydrogen-bond donors (Lipinski definition) is 0. The van der Waals surface area contributed by atoms with Crippen LogP contribution < -0.4 is 0 Å². The van der Waals surface area contributed by atoms with Gasteiger partial charge in [-0.05, 0) is 13.3 Å². The average Bonchev–Trinajstić information content (AvgIpc) is 2.39. The van der Waals surface area contributed by atoms with Crippen LogP contribution in [0.1, 0.15) is 47.0 Å². The Labute approximate surface area is 100 Å². The summed E-state index contributed by atoms with van der Waals surface area (Å²) >= 11 is 0. The van der Waals surface area contributed by atoms with Crippen molar-refractivity contribution in [3.05, 3.63) is 23.7 Å². The highest BCUT2D eigenvalue weighted by atomic mass is 15.1. The highest BCUT2D eigenvalue weighted by Gasteiger charge is 2.49. The van der Waals surface area contributed by atoms with Gasteiger partial charge in [0.2, 0.25) is 5.54 Å². The first kappa shape index (κ1) is 13.1. The summed E-state index contributed by atoms with van der Waals surface area (Å²) in [4.78, 5) is 6.32. The number of likely N-dealkylation sites (tertiary alicyclic amines) is 1. The molecule has 0 aromatic rings. The normalized spacial score (nSPS) is 27.1. The summed E-state index contributed by atoms with van der Waals surface area (Å²) in [6, 6.07) is 0. The lowest BCUT2D eigenvalue weighted by molar-refractivity contribution is 0.206. The van der Waals surface area contributed by atoms with Gasteiger partial charge in [0, 0.05) is 37.0 Å². The van der Waals surface area contributed by atoms with E-state index in [2.05, 4.69) is 44.0 Å². The van der Waals surface area contributed by atoms with Crippen molar-refractivity contribution in [2.45, 2.75) is 52.5 Å². The van der Waals surface area contributed by atoms with Crippen LogP contribution in [0.4, 0.5) is 0 Å². The molecule has 0 amide bonds. The van der Waals surface area contributed by atoms with Gasteiger partial charge in [0.15, 0.2) is 0 Å². The Balaban J connectivity index is 2.86. The van der Waals surface area contributed by atoms with Gasteiger partial charge in [-0.3, -0.25) is 0 Å². The lowest BCUT2D eigenvalue weighted by Crippen LogP contribution is -2.40. The van der Waals surface area contributed by atoms with Gasteiger partial charge in [-0.1, -0.05) is 27.4 Å². The fourth-order valence-corrected chi connectivity index (χ4v) is 2.53. The van der Waals surface area contributed by atoms with E-state index in [4.69, 9.17) is 6.57 Å². The molecule has 1 saturated heterocycles. The van der Waals surface area contributed by atoms with E-state index in [1.165, 1.54) is 0 Å². The van der Waals surface area contributed by atoms with Crippen molar-refractivity contribution in [3.8, 4) is 0 Å². The number of hydrogen-bond acceptors (Lipinski definition) is 1. The van der Waals surface area contributed by atoms with Gasteiger partial charge in [0.1, 0.15) is 0 Å². The molecule has 1 rings (SSSR count). The van der Waals surface area contributed by atoms with Gasteiger partial charge in [0.05, 0.1) is 0 Å². The van der Waals surface area contributed by atoms with Crippen molar-refractivity contribution in [3.63, 3.8) is 0 Å². The second kappa shape index (κ2) is 4.49. The fraction of sp³-hybridized carbons (Fsp3) is 0.786. The molecule has 1 atom stereocenters. The van der Waals surface area contributed by atoms with Crippen LogP contribution in [-0.2, 0) is 0 Å². The van der Waals surface area contributed by atoms with Crippen LogP contribution in [0, 0.1) is 12.0 Å². The maximum Gasteiger partial charge on any atom is 0.239 e. The summed E-state index contributed by atoms with van der Waals surface area (Å²) in [7, 11) is 0. The molecular weight excluding hydrogens is 196 g/mol. The topological polar surface area (TPSA) is 7.60 Å². The minimum Gasteiger partial charge on any atom is -0.375 e. The van der Waals surface area contributed by atoms with Crippen LogP contribution in [0.2, 0.25) is 0 Å². The van der Waals surface area contributed by atoms with E-state index in [1.54, 1.807) is 0 Å². The molecule has 0 radical (unpaired) electrons. The summed E-state index contributed by atoms with van der Waals surface area (Å²) in [5.74, 6) is 0. The lowest BCUT2D eigenvalue weighted by atomic mass is 9.70. The third-order valence-electron chi connectivity index (χ3n) is 3.96. The zero-order valence-electron chi connectivity index (χ0n) is 11.1. The number of allylic oxidation sites excluding steroid dienone is 1. The molecule has 0 spiro atoms. The molecule has 2 heteroatoms. The Hall–Kier alpha value is -0.970. The fourth-order valence-electron chi connectivity index (χ4n) is 2.53. The SMILES string of the molecule is [C-]#[N+]C1(C(C)(C)C)CCCN(C(=C)C)CC1. The molecule has 16 heavy (non-hydrogen) atoms. The molecule has 1 aliphatic rings. The monoisotopic (exact) mass is 220 g/mol. The maximum absolute atomic E-state index is 7.56. The second-order valence-electron chi connectivity index (χ2n) is 5.97. The minimum absolute atomic E-state index is 0.0693. The first-order chi connectivity index (χ1) is 7.32. The maximum atomic E-state index is 7.56. The minimum atomic E-state index is -0.183. The van der Waals surface area contributed by atoms with Crippen LogP contribution in [0.15, 0.2) is 12.3 Å². The Morgan fingerprint density at radius 3 is 2.38 bits per heavy atom. The van der Waals surface area contributed by atoms with Crippen LogP contribution in [0.3, 0.4) is 0 Å². The van der Waals surface area contributed by atoms with Crippen LogP contribution >= 0.6 is 0 Å². The quantitative estimate of drug-likeness (QED) is 0.611. The molecule has 1 unspecified atom stereocenters. The van der Waals surface area contributed by atoms with E-state index in [0.717, 1.165) is 38.0 Å². The summed E-state index contributed by atoms with van der Waals surface area (Å²) < 4.78 is 0. The van der Waals surface area contributed by atoms with Crippen molar-refractivity contribution in [1.29, 1.82) is 0 Å². The third kappa shape index (κ3) is 2.40. The molecule has 1 aliphatic heterocycles. The highest BCUT2D eigenvalue weighted by Crippen LogP contribution is 2.42. The number of nitrogens with zero attached hydrogens (tertiary/aromatic N) is 2. The summed E-state index contributed by atoms with van der Waals surface area (Å²) in [6.45, 7) is 22.2. The van der Waals surface area contributed by atoms with Gasteiger partial charge >= 0.3 is 0 Å². The molecule has 0 aromatic heterocycles.